The van der Waals surface area contributed by atoms with Crippen LogP contribution in [0.3, 0.4) is 0 Å². The van der Waals surface area contributed by atoms with E-state index < -0.39 is 0 Å². The van der Waals surface area contributed by atoms with Crippen LogP contribution < -0.4 is 5.32 Å². The van der Waals surface area contributed by atoms with Crippen molar-refractivity contribution in [3.63, 3.8) is 0 Å². The number of nitrogens with zero attached hydrogens (tertiary/aromatic N) is 2. The van der Waals surface area contributed by atoms with Gasteiger partial charge in [-0.25, -0.2) is 4.79 Å². The van der Waals surface area contributed by atoms with Crippen LogP contribution in [-0.4, -0.2) is 61.6 Å². The van der Waals surface area contributed by atoms with Crippen LogP contribution in [0.1, 0.15) is 22.8 Å². The van der Waals surface area contributed by atoms with Crippen LogP contribution in [0.2, 0.25) is 0 Å². The van der Waals surface area contributed by atoms with Gasteiger partial charge in [0.05, 0.1) is 6.61 Å². The summed E-state index contributed by atoms with van der Waals surface area (Å²) in [5.41, 5.74) is 1.57. The Bertz CT molecular complexity index is 525. The van der Waals surface area contributed by atoms with Crippen LogP contribution in [0.5, 0.6) is 0 Å². The first-order chi connectivity index (χ1) is 10.7. The van der Waals surface area contributed by atoms with Crippen molar-refractivity contribution in [2.45, 2.75) is 13.5 Å². The molecular formula is C16H23N3O3. The summed E-state index contributed by atoms with van der Waals surface area (Å²) in [5.74, 6) is 0.00296. The highest BCUT2D eigenvalue weighted by molar-refractivity contribution is 5.95. The van der Waals surface area contributed by atoms with Gasteiger partial charge in [-0.2, -0.15) is 0 Å². The average molecular weight is 305 g/mol. The van der Waals surface area contributed by atoms with Crippen molar-refractivity contribution in [2.75, 3.05) is 39.8 Å². The van der Waals surface area contributed by atoms with Gasteiger partial charge in [0.25, 0.3) is 5.91 Å². The molecule has 22 heavy (non-hydrogen) atoms. The first-order valence-electron chi connectivity index (χ1n) is 7.56. The van der Waals surface area contributed by atoms with Crippen molar-refractivity contribution in [1.29, 1.82) is 0 Å². The van der Waals surface area contributed by atoms with E-state index >= 15 is 0 Å². The number of hydrogen-bond acceptors (Lipinski definition) is 3. The van der Waals surface area contributed by atoms with E-state index in [1.807, 2.05) is 31.2 Å². The molecule has 1 aliphatic rings. The Balaban J connectivity index is 1.99. The SMILES string of the molecule is CCNC(=O)N1CCN(C(=O)c2ccccc2COC)CC1. The van der Waals surface area contributed by atoms with E-state index in [2.05, 4.69) is 5.32 Å². The van der Waals surface area contributed by atoms with Crippen LogP contribution in [-0.2, 0) is 11.3 Å². The zero-order valence-electron chi connectivity index (χ0n) is 13.2. The number of carbonyl (C=O) groups excluding carboxylic acids is 2. The molecule has 0 unspecified atom stereocenters. The molecule has 0 bridgehead atoms. The maximum absolute atomic E-state index is 12.6. The summed E-state index contributed by atoms with van der Waals surface area (Å²) in [7, 11) is 1.62. The maximum Gasteiger partial charge on any atom is 0.317 e. The number of nitrogens with one attached hydrogen (secondary N) is 1. The molecular weight excluding hydrogens is 282 g/mol. The lowest BCUT2D eigenvalue weighted by Gasteiger charge is -2.35. The van der Waals surface area contributed by atoms with Crippen LogP contribution >= 0.6 is 0 Å². The largest absolute Gasteiger partial charge is 0.380 e. The molecule has 0 atom stereocenters. The molecule has 2 rings (SSSR count). The molecule has 1 heterocycles. The highest BCUT2D eigenvalue weighted by Crippen LogP contribution is 2.14. The summed E-state index contributed by atoms with van der Waals surface area (Å²) in [5, 5.41) is 2.78. The van der Waals surface area contributed by atoms with E-state index in [1.54, 1.807) is 16.9 Å². The number of benzene rings is 1. The predicted molar refractivity (Wildman–Crippen MR) is 83.7 cm³/mol. The summed E-state index contributed by atoms with van der Waals surface area (Å²) in [4.78, 5) is 28.0. The van der Waals surface area contributed by atoms with Gasteiger partial charge in [0, 0.05) is 45.4 Å². The number of ether oxygens (including phenoxy) is 1. The number of carbonyl (C=O) groups is 2. The fourth-order valence-corrected chi connectivity index (χ4v) is 2.56. The number of piperazine rings is 1. The van der Waals surface area contributed by atoms with Crippen molar-refractivity contribution in [3.05, 3.63) is 35.4 Å². The number of methoxy groups -OCH3 is 1. The molecule has 1 N–H and O–H groups in total. The Morgan fingerprint density at radius 1 is 1.14 bits per heavy atom. The molecule has 6 heteroatoms. The molecule has 1 saturated heterocycles. The van der Waals surface area contributed by atoms with E-state index in [0.29, 0.717) is 44.9 Å². The topological polar surface area (TPSA) is 61.9 Å². The zero-order chi connectivity index (χ0) is 15.9. The molecule has 120 valence electrons. The summed E-state index contributed by atoms with van der Waals surface area (Å²) in [6, 6.07) is 7.43. The third-order valence-corrected chi connectivity index (χ3v) is 3.73. The number of rotatable bonds is 4. The first kappa shape index (κ1) is 16.3. The van der Waals surface area contributed by atoms with Crippen molar-refractivity contribution in [2.24, 2.45) is 0 Å². The minimum absolute atomic E-state index is 0.00296. The molecule has 1 aromatic rings. The molecule has 0 saturated carbocycles. The van der Waals surface area contributed by atoms with Gasteiger partial charge in [-0.15, -0.1) is 0 Å². The van der Waals surface area contributed by atoms with E-state index in [9.17, 15) is 9.59 Å². The lowest BCUT2D eigenvalue weighted by Crippen LogP contribution is -2.53. The Hall–Kier alpha value is -2.08. The Morgan fingerprint density at radius 2 is 1.77 bits per heavy atom. The fraction of sp³-hybridized carbons (Fsp3) is 0.500. The van der Waals surface area contributed by atoms with Gasteiger partial charge >= 0.3 is 6.03 Å². The Kier molecular flexibility index (Phi) is 5.77. The minimum atomic E-state index is -0.0608. The minimum Gasteiger partial charge on any atom is -0.380 e. The number of amides is 3. The van der Waals surface area contributed by atoms with E-state index in [4.69, 9.17) is 4.74 Å². The predicted octanol–water partition coefficient (Wildman–Crippen LogP) is 1.32. The monoisotopic (exact) mass is 305 g/mol. The van der Waals surface area contributed by atoms with Gasteiger partial charge in [-0.1, -0.05) is 18.2 Å². The third-order valence-electron chi connectivity index (χ3n) is 3.73. The van der Waals surface area contributed by atoms with E-state index in [0.717, 1.165) is 5.56 Å². The van der Waals surface area contributed by atoms with Gasteiger partial charge in [-0.05, 0) is 18.6 Å². The van der Waals surface area contributed by atoms with E-state index in [-0.39, 0.29) is 11.9 Å². The molecule has 1 fully saturated rings. The summed E-state index contributed by atoms with van der Waals surface area (Å²) >= 11 is 0. The van der Waals surface area contributed by atoms with E-state index in [1.165, 1.54) is 0 Å². The molecule has 1 aromatic carbocycles. The standard InChI is InChI=1S/C16H23N3O3/c1-3-17-16(21)19-10-8-18(9-11-19)15(20)14-7-5-4-6-13(14)12-22-2/h4-7H,3,8-12H2,1-2H3,(H,17,21). The lowest BCUT2D eigenvalue weighted by atomic mass is 10.1. The molecule has 6 nitrogen and oxygen atoms in total. The average Bonchev–Trinajstić information content (AvgIpc) is 2.55. The second-order valence-corrected chi connectivity index (χ2v) is 5.20. The summed E-state index contributed by atoms with van der Waals surface area (Å²) < 4.78 is 5.15. The Labute approximate surface area is 131 Å². The lowest BCUT2D eigenvalue weighted by molar-refractivity contribution is 0.0661. The Morgan fingerprint density at radius 3 is 2.41 bits per heavy atom. The zero-order valence-corrected chi connectivity index (χ0v) is 13.2. The molecule has 3 amide bonds. The van der Waals surface area contributed by atoms with Crippen LogP contribution in [0.25, 0.3) is 0 Å². The van der Waals surface area contributed by atoms with Crippen molar-refractivity contribution in [1.82, 2.24) is 15.1 Å². The highest BCUT2D eigenvalue weighted by atomic mass is 16.5. The molecule has 0 radical (unpaired) electrons. The van der Waals surface area contributed by atoms with Crippen molar-refractivity contribution < 1.29 is 14.3 Å². The summed E-state index contributed by atoms with van der Waals surface area (Å²) in [6.45, 7) is 5.15. The molecule has 0 spiro atoms. The molecule has 0 aromatic heterocycles. The van der Waals surface area contributed by atoms with Gasteiger partial charge in [0.15, 0.2) is 0 Å². The number of hydrogen-bond donors (Lipinski definition) is 1. The summed E-state index contributed by atoms with van der Waals surface area (Å²) in [6.07, 6.45) is 0. The van der Waals surface area contributed by atoms with Crippen molar-refractivity contribution >= 4 is 11.9 Å². The van der Waals surface area contributed by atoms with Gasteiger partial charge < -0.3 is 19.9 Å². The maximum atomic E-state index is 12.6. The van der Waals surface area contributed by atoms with Crippen LogP contribution in [0.4, 0.5) is 4.79 Å². The van der Waals surface area contributed by atoms with Crippen molar-refractivity contribution in [3.8, 4) is 0 Å². The second-order valence-electron chi connectivity index (χ2n) is 5.20. The quantitative estimate of drug-likeness (QED) is 0.912. The van der Waals surface area contributed by atoms with Crippen LogP contribution in [0, 0.1) is 0 Å². The molecule has 0 aliphatic carbocycles. The van der Waals surface area contributed by atoms with Gasteiger partial charge in [0.2, 0.25) is 0 Å². The van der Waals surface area contributed by atoms with Gasteiger partial charge in [-0.3, -0.25) is 4.79 Å². The second kappa shape index (κ2) is 7.79. The first-order valence-corrected chi connectivity index (χ1v) is 7.56. The molecule has 1 aliphatic heterocycles. The fourth-order valence-electron chi connectivity index (χ4n) is 2.56. The normalized spacial score (nSPS) is 14.8. The number of urea groups is 1. The highest BCUT2D eigenvalue weighted by Gasteiger charge is 2.25. The third kappa shape index (κ3) is 3.76. The van der Waals surface area contributed by atoms with Gasteiger partial charge in [0.1, 0.15) is 0 Å². The smallest absolute Gasteiger partial charge is 0.317 e. The van der Waals surface area contributed by atoms with Crippen LogP contribution in [0.15, 0.2) is 24.3 Å².